The monoisotopic (exact) mass is 364 g/mol. The van der Waals surface area contributed by atoms with Crippen LogP contribution in [0.4, 0.5) is 4.39 Å². The molecule has 136 valence electrons. The highest BCUT2D eigenvalue weighted by Gasteiger charge is 2.18. The van der Waals surface area contributed by atoms with Gasteiger partial charge in [-0.05, 0) is 36.4 Å². The SMILES string of the molecule is NN/N=C(\N)Cn1cnc(-c2ccc(F)cc2)c1-c1ccnc2[nH]ccc12. The molecule has 0 aliphatic heterocycles. The van der Waals surface area contributed by atoms with Crippen molar-refractivity contribution in [3.63, 3.8) is 0 Å². The van der Waals surface area contributed by atoms with Gasteiger partial charge in [-0.2, -0.15) is 5.10 Å². The van der Waals surface area contributed by atoms with Gasteiger partial charge >= 0.3 is 0 Å². The Morgan fingerprint density at radius 1 is 1.19 bits per heavy atom. The first-order valence-electron chi connectivity index (χ1n) is 8.18. The maximum atomic E-state index is 13.4. The number of hydrogen-bond donors (Lipinski definition) is 4. The van der Waals surface area contributed by atoms with E-state index in [1.807, 2.05) is 22.9 Å². The van der Waals surface area contributed by atoms with Gasteiger partial charge in [-0.3, -0.25) is 0 Å². The normalized spacial score (nSPS) is 11.9. The second-order valence-electron chi connectivity index (χ2n) is 5.91. The molecule has 0 fully saturated rings. The number of halogens is 1. The Hall–Kier alpha value is -3.72. The average Bonchev–Trinajstić information content (AvgIpc) is 3.29. The Kier molecular flexibility index (Phi) is 4.27. The number of H-pyrrole nitrogens is 1. The number of pyridine rings is 1. The van der Waals surface area contributed by atoms with Crippen LogP contribution in [0.3, 0.4) is 0 Å². The number of imidazole rings is 1. The number of hydrazone groups is 1. The Labute approximate surface area is 153 Å². The zero-order chi connectivity index (χ0) is 18.8. The summed E-state index contributed by atoms with van der Waals surface area (Å²) in [6.07, 6.45) is 5.22. The summed E-state index contributed by atoms with van der Waals surface area (Å²) in [5.74, 6) is 5.20. The molecule has 27 heavy (non-hydrogen) atoms. The molecule has 4 rings (SSSR count). The lowest BCUT2D eigenvalue weighted by atomic mass is 10.0. The van der Waals surface area contributed by atoms with E-state index in [9.17, 15) is 4.39 Å². The number of nitrogens with one attached hydrogen (secondary N) is 2. The number of nitrogens with zero attached hydrogens (tertiary/aromatic N) is 4. The van der Waals surface area contributed by atoms with E-state index in [4.69, 9.17) is 11.6 Å². The van der Waals surface area contributed by atoms with Gasteiger partial charge in [-0.15, -0.1) is 0 Å². The van der Waals surface area contributed by atoms with Gasteiger partial charge in [0.1, 0.15) is 17.3 Å². The molecule has 0 radical (unpaired) electrons. The van der Waals surface area contributed by atoms with Crippen LogP contribution in [-0.2, 0) is 6.54 Å². The van der Waals surface area contributed by atoms with Crippen LogP contribution in [0.25, 0.3) is 33.5 Å². The number of hydrogen-bond acceptors (Lipinski definition) is 5. The van der Waals surface area contributed by atoms with Crippen molar-refractivity contribution < 1.29 is 4.39 Å². The minimum atomic E-state index is -0.304. The molecule has 0 aliphatic rings. The zero-order valence-electron chi connectivity index (χ0n) is 14.2. The summed E-state index contributed by atoms with van der Waals surface area (Å²) in [7, 11) is 0. The third-order valence-corrected chi connectivity index (χ3v) is 4.21. The Morgan fingerprint density at radius 3 is 2.78 bits per heavy atom. The quantitative estimate of drug-likeness (QED) is 0.187. The molecule has 8 nitrogen and oxygen atoms in total. The number of fused-ring (bicyclic) bond motifs is 1. The largest absolute Gasteiger partial charge is 0.384 e. The van der Waals surface area contributed by atoms with Crippen LogP contribution in [0.15, 0.2) is 60.2 Å². The van der Waals surface area contributed by atoms with Crippen LogP contribution in [0.2, 0.25) is 0 Å². The fourth-order valence-corrected chi connectivity index (χ4v) is 3.06. The van der Waals surface area contributed by atoms with Crippen molar-refractivity contribution in [3.05, 3.63) is 60.9 Å². The maximum Gasteiger partial charge on any atom is 0.141 e. The topological polar surface area (TPSA) is 123 Å². The van der Waals surface area contributed by atoms with Gasteiger partial charge in [0.05, 0.1) is 24.3 Å². The summed E-state index contributed by atoms with van der Waals surface area (Å²) in [4.78, 5) is 12.0. The highest BCUT2D eigenvalue weighted by molar-refractivity contribution is 5.96. The van der Waals surface area contributed by atoms with Crippen LogP contribution in [0.1, 0.15) is 0 Å². The van der Waals surface area contributed by atoms with Crippen molar-refractivity contribution >= 4 is 16.9 Å². The Morgan fingerprint density at radius 2 is 2.00 bits per heavy atom. The molecule has 3 aromatic heterocycles. The molecular formula is C18H17FN8. The first kappa shape index (κ1) is 16.7. The van der Waals surface area contributed by atoms with Crippen LogP contribution < -0.4 is 17.1 Å². The second kappa shape index (κ2) is 6.89. The first-order valence-corrected chi connectivity index (χ1v) is 8.18. The molecule has 0 unspecified atom stereocenters. The van der Waals surface area contributed by atoms with Gasteiger partial charge in [0.15, 0.2) is 0 Å². The number of aromatic amines is 1. The highest BCUT2D eigenvalue weighted by Crippen LogP contribution is 2.34. The van der Waals surface area contributed by atoms with Crippen molar-refractivity contribution in [2.24, 2.45) is 16.7 Å². The molecule has 0 amide bonds. The molecule has 3 heterocycles. The summed E-state index contributed by atoms with van der Waals surface area (Å²) in [5.41, 5.74) is 12.1. The van der Waals surface area contributed by atoms with E-state index < -0.39 is 0 Å². The van der Waals surface area contributed by atoms with Crippen molar-refractivity contribution in [1.82, 2.24) is 25.1 Å². The molecule has 9 heteroatoms. The molecule has 0 spiro atoms. The van der Waals surface area contributed by atoms with E-state index in [1.165, 1.54) is 12.1 Å². The third-order valence-electron chi connectivity index (χ3n) is 4.21. The van der Waals surface area contributed by atoms with Crippen molar-refractivity contribution in [1.29, 1.82) is 0 Å². The number of rotatable bonds is 5. The molecule has 4 aromatic rings. The van der Waals surface area contributed by atoms with Crippen molar-refractivity contribution in [2.75, 3.05) is 0 Å². The van der Waals surface area contributed by atoms with Crippen LogP contribution in [0.5, 0.6) is 0 Å². The fourth-order valence-electron chi connectivity index (χ4n) is 3.06. The van der Waals surface area contributed by atoms with E-state index in [0.29, 0.717) is 11.5 Å². The summed E-state index contributed by atoms with van der Waals surface area (Å²) < 4.78 is 15.2. The van der Waals surface area contributed by atoms with Crippen molar-refractivity contribution in [3.8, 4) is 22.5 Å². The van der Waals surface area contributed by atoms with Gasteiger partial charge in [0.25, 0.3) is 0 Å². The summed E-state index contributed by atoms with van der Waals surface area (Å²) >= 11 is 0. The molecule has 1 aromatic carbocycles. The van der Waals surface area contributed by atoms with E-state index in [2.05, 4.69) is 25.6 Å². The van der Waals surface area contributed by atoms with Gasteiger partial charge in [-0.25, -0.2) is 25.7 Å². The molecule has 0 atom stereocenters. The smallest absolute Gasteiger partial charge is 0.141 e. The van der Waals surface area contributed by atoms with E-state index in [-0.39, 0.29) is 12.4 Å². The maximum absolute atomic E-state index is 13.4. The van der Waals surface area contributed by atoms with Crippen molar-refractivity contribution in [2.45, 2.75) is 6.54 Å². The summed E-state index contributed by atoms with van der Waals surface area (Å²) in [6, 6.07) is 10.1. The lowest BCUT2D eigenvalue weighted by molar-refractivity contribution is 0.628. The lowest BCUT2D eigenvalue weighted by Crippen LogP contribution is -2.26. The summed E-state index contributed by atoms with van der Waals surface area (Å²) in [6.45, 7) is 0.280. The predicted octanol–water partition coefficient (Wildman–Crippen LogP) is 1.97. The lowest BCUT2D eigenvalue weighted by Gasteiger charge is -2.11. The van der Waals surface area contributed by atoms with Crippen LogP contribution in [-0.4, -0.2) is 25.4 Å². The molecular weight excluding hydrogens is 347 g/mol. The summed E-state index contributed by atoms with van der Waals surface area (Å²) in [5, 5.41) is 4.75. The predicted molar refractivity (Wildman–Crippen MR) is 102 cm³/mol. The van der Waals surface area contributed by atoms with Gasteiger partial charge in [0, 0.05) is 28.9 Å². The molecule has 6 N–H and O–H groups in total. The molecule has 0 saturated heterocycles. The number of hydrazine groups is 1. The molecule has 0 aliphatic carbocycles. The average molecular weight is 364 g/mol. The number of nitrogens with two attached hydrogens (primary N) is 2. The van der Waals surface area contributed by atoms with Gasteiger partial charge in [-0.1, -0.05) is 0 Å². The Balaban J connectivity index is 1.93. The minimum absolute atomic E-state index is 0.280. The van der Waals surface area contributed by atoms with Crippen LogP contribution in [0, 0.1) is 5.82 Å². The fraction of sp³-hybridized carbons (Fsp3) is 0.0556. The minimum Gasteiger partial charge on any atom is -0.384 e. The number of benzene rings is 1. The third kappa shape index (κ3) is 3.11. The standard InChI is InChI=1S/C18H17FN8/c19-12-3-1-11(2-4-12)16-17(27(10-24-16)9-15(20)25-26-21)13-5-7-22-18-14(13)6-8-23-18/h1-8,10,26H,9,21H2,(H2,20,25)(H,22,23). The number of aromatic nitrogens is 4. The van der Waals surface area contributed by atoms with Gasteiger partial charge in [0.2, 0.25) is 0 Å². The van der Waals surface area contributed by atoms with E-state index in [0.717, 1.165) is 27.9 Å². The van der Waals surface area contributed by atoms with E-state index in [1.54, 1.807) is 24.7 Å². The number of amidine groups is 1. The van der Waals surface area contributed by atoms with E-state index >= 15 is 0 Å². The second-order valence-corrected chi connectivity index (χ2v) is 5.91. The van der Waals surface area contributed by atoms with Crippen LogP contribution >= 0.6 is 0 Å². The van der Waals surface area contributed by atoms with Gasteiger partial charge < -0.3 is 15.3 Å². The zero-order valence-corrected chi connectivity index (χ0v) is 14.2. The first-order chi connectivity index (χ1) is 13.2. The molecule has 0 saturated carbocycles. The molecule has 0 bridgehead atoms. The Bertz CT molecular complexity index is 1110. The highest BCUT2D eigenvalue weighted by atomic mass is 19.1.